The molecule has 2 fully saturated rings. The van der Waals surface area contributed by atoms with Gasteiger partial charge in [0, 0.05) is 24.7 Å². The molecule has 8 heteroatoms. The van der Waals surface area contributed by atoms with Crippen LogP contribution in [-0.4, -0.2) is 57.9 Å². The van der Waals surface area contributed by atoms with Crippen molar-refractivity contribution in [2.45, 2.75) is 13.1 Å². The molecule has 2 aromatic rings. The molecular formula is C17H18ClN7. The van der Waals surface area contributed by atoms with Gasteiger partial charge in [-0.25, -0.2) is 0 Å². The van der Waals surface area contributed by atoms with Gasteiger partial charge in [0.25, 0.3) is 0 Å². The minimum atomic E-state index is 0.265. The zero-order valence-electron chi connectivity index (χ0n) is 14.0. The molecule has 0 saturated carbocycles. The Hall–Kier alpha value is -2.30. The molecule has 128 valence electrons. The van der Waals surface area contributed by atoms with Crippen molar-refractivity contribution in [3.8, 4) is 5.69 Å². The van der Waals surface area contributed by atoms with Crippen LogP contribution in [0.15, 0.2) is 18.2 Å². The summed E-state index contributed by atoms with van der Waals surface area (Å²) in [6.45, 7) is 12.3. The second kappa shape index (κ2) is 5.10. The Bertz CT molecular complexity index is 885. The van der Waals surface area contributed by atoms with Crippen LogP contribution in [0, 0.1) is 12.0 Å². The molecule has 7 nitrogen and oxygen atoms in total. The van der Waals surface area contributed by atoms with Crippen LogP contribution in [-0.2, 0) is 13.1 Å². The fourth-order valence-electron chi connectivity index (χ4n) is 4.25. The number of hydrogen-bond donors (Lipinski definition) is 0. The van der Waals surface area contributed by atoms with E-state index in [0.29, 0.717) is 0 Å². The monoisotopic (exact) mass is 355 g/mol. The quantitative estimate of drug-likeness (QED) is 0.730. The Balaban J connectivity index is 1.50. The van der Waals surface area contributed by atoms with E-state index in [1.165, 1.54) is 5.56 Å². The fourth-order valence-corrected chi connectivity index (χ4v) is 4.45. The Morgan fingerprint density at radius 3 is 2.72 bits per heavy atom. The summed E-state index contributed by atoms with van der Waals surface area (Å²) < 4.78 is 2.17. The van der Waals surface area contributed by atoms with Crippen molar-refractivity contribution < 1.29 is 0 Å². The normalized spacial score (nSPS) is 21.0. The first-order valence-electron chi connectivity index (χ1n) is 8.36. The average Bonchev–Trinajstić information content (AvgIpc) is 2.82. The molecule has 0 aliphatic carbocycles. The van der Waals surface area contributed by atoms with Crippen LogP contribution in [0.25, 0.3) is 10.6 Å². The highest BCUT2D eigenvalue weighted by Crippen LogP contribution is 2.42. The average molecular weight is 356 g/mol. The predicted molar refractivity (Wildman–Crippen MR) is 94.4 cm³/mol. The highest BCUT2D eigenvalue weighted by atomic mass is 35.5. The zero-order chi connectivity index (χ0) is 17.2. The van der Waals surface area contributed by atoms with E-state index in [0.717, 1.165) is 61.8 Å². The third-order valence-corrected chi connectivity index (χ3v) is 5.59. The summed E-state index contributed by atoms with van der Waals surface area (Å²) in [5, 5.41) is 11.5. The van der Waals surface area contributed by atoms with Crippen LogP contribution in [0.5, 0.6) is 0 Å². The van der Waals surface area contributed by atoms with Crippen molar-refractivity contribution >= 4 is 17.5 Å². The van der Waals surface area contributed by atoms with Crippen molar-refractivity contribution in [3.05, 3.63) is 46.1 Å². The van der Waals surface area contributed by atoms with Gasteiger partial charge < -0.3 is 4.90 Å². The lowest BCUT2D eigenvalue weighted by Gasteiger charge is -2.55. The SMILES string of the molecule is [C-]#[N+]N1CC2(C1)CN(c1nnc3n1-c1ccc(Cl)cc1CN(C)C3)C2. The number of benzene rings is 1. The Morgan fingerprint density at radius 2 is 1.96 bits per heavy atom. The van der Waals surface area contributed by atoms with Gasteiger partial charge in [-0.05, 0) is 30.8 Å². The molecule has 1 aromatic heterocycles. The van der Waals surface area contributed by atoms with Crippen LogP contribution in [0.1, 0.15) is 11.4 Å². The van der Waals surface area contributed by atoms with Crippen LogP contribution in [0.4, 0.5) is 5.95 Å². The molecule has 25 heavy (non-hydrogen) atoms. The first-order chi connectivity index (χ1) is 12.1. The molecule has 0 unspecified atom stereocenters. The molecule has 0 N–H and O–H groups in total. The molecule has 3 aliphatic rings. The highest BCUT2D eigenvalue weighted by molar-refractivity contribution is 6.30. The number of anilines is 1. The molecule has 0 radical (unpaired) electrons. The third-order valence-electron chi connectivity index (χ3n) is 5.36. The summed E-state index contributed by atoms with van der Waals surface area (Å²) in [4.78, 5) is 8.01. The third kappa shape index (κ3) is 2.21. The number of aromatic nitrogens is 3. The summed E-state index contributed by atoms with van der Waals surface area (Å²) in [5.41, 5.74) is 2.57. The van der Waals surface area contributed by atoms with E-state index >= 15 is 0 Å². The van der Waals surface area contributed by atoms with E-state index < -0.39 is 0 Å². The lowest BCUT2D eigenvalue weighted by Crippen LogP contribution is -2.71. The molecule has 4 heterocycles. The van der Waals surface area contributed by atoms with Crippen LogP contribution < -0.4 is 4.90 Å². The maximum atomic E-state index is 7.09. The summed E-state index contributed by atoms with van der Waals surface area (Å²) in [6, 6.07) is 6.02. The van der Waals surface area contributed by atoms with E-state index in [2.05, 4.69) is 42.6 Å². The summed E-state index contributed by atoms with van der Waals surface area (Å²) in [5.74, 6) is 1.86. The Morgan fingerprint density at radius 1 is 1.16 bits per heavy atom. The van der Waals surface area contributed by atoms with Gasteiger partial charge in [0.2, 0.25) is 5.95 Å². The molecule has 2 saturated heterocycles. The molecule has 0 amide bonds. The largest absolute Gasteiger partial charge is 0.339 e. The van der Waals surface area contributed by atoms with Crippen LogP contribution in [0.2, 0.25) is 5.02 Å². The van der Waals surface area contributed by atoms with Crippen molar-refractivity contribution in [3.63, 3.8) is 0 Å². The Labute approximate surface area is 151 Å². The van der Waals surface area contributed by atoms with E-state index in [1.807, 2.05) is 12.1 Å². The molecule has 1 aromatic carbocycles. The summed E-state index contributed by atoms with van der Waals surface area (Å²) >= 11 is 6.21. The van der Waals surface area contributed by atoms with Crippen molar-refractivity contribution in [2.75, 3.05) is 38.1 Å². The number of fused-ring (bicyclic) bond motifs is 3. The summed E-state index contributed by atoms with van der Waals surface area (Å²) in [6.07, 6.45) is 0. The number of hydrogen-bond acceptors (Lipinski definition) is 5. The lowest BCUT2D eigenvalue weighted by atomic mass is 9.74. The predicted octanol–water partition coefficient (Wildman–Crippen LogP) is 1.82. The molecule has 0 atom stereocenters. The van der Waals surface area contributed by atoms with E-state index in [1.54, 1.807) is 5.01 Å². The van der Waals surface area contributed by atoms with Gasteiger partial charge in [0.1, 0.15) is 0 Å². The first kappa shape index (κ1) is 15.0. The standard InChI is InChI=1S/C17H18ClN7/c1-19-24-10-17(11-24)8-23(9-17)16-21-20-15-7-22(2)6-12-5-13(18)3-4-14(12)25(15)16/h3-5H,6-11H2,2H3. The van der Waals surface area contributed by atoms with E-state index in [4.69, 9.17) is 18.2 Å². The molecular weight excluding hydrogens is 338 g/mol. The summed E-state index contributed by atoms with van der Waals surface area (Å²) in [7, 11) is 2.08. The minimum Gasteiger partial charge on any atom is -0.339 e. The fraction of sp³-hybridized carbons (Fsp3) is 0.471. The smallest absolute Gasteiger partial charge is 0.231 e. The highest BCUT2D eigenvalue weighted by Gasteiger charge is 2.56. The van der Waals surface area contributed by atoms with E-state index in [9.17, 15) is 0 Å². The second-order valence-corrected chi connectivity index (χ2v) is 7.91. The minimum absolute atomic E-state index is 0.265. The van der Waals surface area contributed by atoms with Gasteiger partial charge in [-0.3, -0.25) is 9.47 Å². The van der Waals surface area contributed by atoms with Gasteiger partial charge in [-0.2, -0.15) is 11.5 Å². The molecule has 0 bridgehead atoms. The number of halogens is 1. The van der Waals surface area contributed by atoms with Crippen molar-refractivity contribution in [1.82, 2.24) is 24.7 Å². The van der Waals surface area contributed by atoms with Gasteiger partial charge in [-0.1, -0.05) is 11.6 Å². The Kier molecular flexibility index (Phi) is 3.06. The lowest BCUT2D eigenvalue weighted by molar-refractivity contribution is 0.0100. The molecule has 3 aliphatic heterocycles. The van der Waals surface area contributed by atoms with E-state index in [-0.39, 0.29) is 5.41 Å². The van der Waals surface area contributed by atoms with Gasteiger partial charge >= 0.3 is 0 Å². The second-order valence-electron chi connectivity index (χ2n) is 7.48. The molecule has 1 spiro atoms. The number of nitrogens with zero attached hydrogens (tertiary/aromatic N) is 7. The zero-order valence-corrected chi connectivity index (χ0v) is 14.7. The van der Waals surface area contributed by atoms with Crippen molar-refractivity contribution in [2.24, 2.45) is 5.41 Å². The maximum absolute atomic E-state index is 7.09. The molecule has 5 rings (SSSR count). The van der Waals surface area contributed by atoms with Crippen LogP contribution in [0.3, 0.4) is 0 Å². The first-order valence-corrected chi connectivity index (χ1v) is 8.74. The van der Waals surface area contributed by atoms with Crippen molar-refractivity contribution in [1.29, 1.82) is 0 Å². The maximum Gasteiger partial charge on any atom is 0.231 e. The topological polar surface area (TPSA) is 44.8 Å². The van der Waals surface area contributed by atoms with Gasteiger partial charge in [0.15, 0.2) is 5.82 Å². The number of rotatable bonds is 1. The van der Waals surface area contributed by atoms with Crippen LogP contribution >= 0.6 is 11.6 Å². The van der Waals surface area contributed by atoms with Gasteiger partial charge in [0.05, 0.1) is 30.7 Å². The van der Waals surface area contributed by atoms with Gasteiger partial charge in [-0.15, -0.1) is 15.2 Å².